The van der Waals surface area contributed by atoms with Gasteiger partial charge < -0.3 is 5.32 Å². The smallest absolute Gasteiger partial charge is 0.205 e. The van der Waals surface area contributed by atoms with Crippen molar-refractivity contribution in [2.75, 3.05) is 7.05 Å². The Morgan fingerprint density at radius 3 is 2.75 bits per heavy atom. The summed E-state index contributed by atoms with van der Waals surface area (Å²) in [4.78, 5) is 5.80. The van der Waals surface area contributed by atoms with Crippen molar-refractivity contribution in [1.82, 2.24) is 30.5 Å². The zero-order valence-corrected chi connectivity index (χ0v) is 11.1. The molecule has 2 heterocycles. The molecule has 20 heavy (non-hydrogen) atoms. The fourth-order valence-electron chi connectivity index (χ4n) is 1.95. The molecule has 0 spiro atoms. The maximum Gasteiger partial charge on any atom is 0.205 e. The van der Waals surface area contributed by atoms with E-state index in [-0.39, 0.29) is 0 Å². The average Bonchev–Trinajstić information content (AvgIpc) is 2.99. The van der Waals surface area contributed by atoms with E-state index in [1.807, 2.05) is 49.5 Å². The third kappa shape index (κ3) is 2.41. The topological polar surface area (TPSA) is 68.5 Å². The predicted molar refractivity (Wildman–Crippen MR) is 75.1 cm³/mol. The van der Waals surface area contributed by atoms with Gasteiger partial charge in [0.25, 0.3) is 0 Å². The van der Waals surface area contributed by atoms with Crippen molar-refractivity contribution < 1.29 is 0 Å². The Kier molecular flexibility index (Phi) is 3.47. The zero-order valence-electron chi connectivity index (χ0n) is 11.1. The van der Waals surface area contributed by atoms with Crippen LogP contribution in [0.2, 0.25) is 0 Å². The lowest BCUT2D eigenvalue weighted by molar-refractivity contribution is 0.681. The van der Waals surface area contributed by atoms with Crippen molar-refractivity contribution in [3.05, 3.63) is 54.2 Å². The van der Waals surface area contributed by atoms with Gasteiger partial charge in [0.2, 0.25) is 5.82 Å². The molecule has 0 saturated heterocycles. The highest BCUT2D eigenvalue weighted by Crippen LogP contribution is 2.14. The van der Waals surface area contributed by atoms with Crippen LogP contribution >= 0.6 is 0 Å². The number of benzene rings is 1. The highest BCUT2D eigenvalue weighted by molar-refractivity contribution is 5.53. The van der Waals surface area contributed by atoms with E-state index in [1.165, 1.54) is 4.80 Å². The third-order valence-electron chi connectivity index (χ3n) is 2.87. The lowest BCUT2D eigenvalue weighted by Gasteiger charge is -2.05. The van der Waals surface area contributed by atoms with E-state index in [0.717, 1.165) is 11.1 Å². The molecule has 0 radical (unpaired) electrons. The summed E-state index contributed by atoms with van der Waals surface area (Å²) in [6, 6.07) is 13.6. The summed E-state index contributed by atoms with van der Waals surface area (Å²) in [5, 5.41) is 15.7. The molecule has 100 valence electrons. The molecule has 1 aromatic carbocycles. The number of hydrogen-bond acceptors (Lipinski definition) is 5. The van der Waals surface area contributed by atoms with Gasteiger partial charge in [-0.1, -0.05) is 36.4 Å². The van der Waals surface area contributed by atoms with Crippen LogP contribution in [-0.4, -0.2) is 32.2 Å². The Labute approximate surface area is 116 Å². The summed E-state index contributed by atoms with van der Waals surface area (Å²) in [6.07, 6.45) is 1.72. The van der Waals surface area contributed by atoms with Crippen LogP contribution in [0.3, 0.4) is 0 Å². The molecule has 0 saturated carbocycles. The molecule has 0 unspecified atom stereocenters. The van der Waals surface area contributed by atoms with Crippen molar-refractivity contribution in [3.63, 3.8) is 0 Å². The fraction of sp³-hybridized carbons (Fsp3) is 0.143. The van der Waals surface area contributed by atoms with Crippen LogP contribution < -0.4 is 5.32 Å². The van der Waals surface area contributed by atoms with Gasteiger partial charge in [0, 0.05) is 23.9 Å². The summed E-state index contributed by atoms with van der Waals surface area (Å²) >= 11 is 0. The van der Waals surface area contributed by atoms with E-state index < -0.39 is 0 Å². The van der Waals surface area contributed by atoms with Crippen LogP contribution in [-0.2, 0) is 6.54 Å². The highest BCUT2D eigenvalue weighted by atomic mass is 15.6. The molecule has 3 aromatic rings. The second-order valence-corrected chi connectivity index (χ2v) is 4.28. The van der Waals surface area contributed by atoms with Crippen LogP contribution in [0.25, 0.3) is 17.2 Å². The van der Waals surface area contributed by atoms with E-state index in [2.05, 4.69) is 25.7 Å². The van der Waals surface area contributed by atoms with E-state index in [1.54, 1.807) is 6.20 Å². The highest BCUT2D eigenvalue weighted by Gasteiger charge is 2.10. The molecule has 0 bridgehead atoms. The SMILES string of the molecule is CNCc1cccnc1-n1nnc(-c2ccccc2)n1. The van der Waals surface area contributed by atoms with E-state index in [0.29, 0.717) is 18.2 Å². The standard InChI is InChI=1S/C14H14N6/c1-15-10-12-8-5-9-16-14(12)20-18-13(17-19-20)11-6-3-2-4-7-11/h2-9,15H,10H2,1H3. The van der Waals surface area contributed by atoms with Crippen LogP contribution in [0.4, 0.5) is 0 Å². The molecule has 2 aromatic heterocycles. The molecule has 0 aliphatic heterocycles. The average molecular weight is 266 g/mol. The van der Waals surface area contributed by atoms with Gasteiger partial charge >= 0.3 is 0 Å². The fourth-order valence-corrected chi connectivity index (χ4v) is 1.95. The second kappa shape index (κ2) is 5.58. The second-order valence-electron chi connectivity index (χ2n) is 4.28. The molecular formula is C14H14N6. The third-order valence-corrected chi connectivity index (χ3v) is 2.87. The monoisotopic (exact) mass is 266 g/mol. The quantitative estimate of drug-likeness (QED) is 0.774. The first-order chi connectivity index (χ1) is 9.88. The summed E-state index contributed by atoms with van der Waals surface area (Å²) in [5.74, 6) is 1.28. The van der Waals surface area contributed by atoms with Crippen molar-refractivity contribution >= 4 is 0 Å². The van der Waals surface area contributed by atoms with Gasteiger partial charge in [-0.3, -0.25) is 0 Å². The summed E-state index contributed by atoms with van der Waals surface area (Å²) in [7, 11) is 1.89. The van der Waals surface area contributed by atoms with Crippen LogP contribution in [0.1, 0.15) is 5.56 Å². The van der Waals surface area contributed by atoms with Gasteiger partial charge in [0.05, 0.1) is 0 Å². The number of hydrogen-bond donors (Lipinski definition) is 1. The van der Waals surface area contributed by atoms with E-state index >= 15 is 0 Å². The van der Waals surface area contributed by atoms with Crippen molar-refractivity contribution in [3.8, 4) is 17.2 Å². The Balaban J connectivity index is 1.98. The minimum Gasteiger partial charge on any atom is -0.316 e. The first-order valence-electron chi connectivity index (χ1n) is 6.33. The largest absolute Gasteiger partial charge is 0.316 e. The molecule has 0 fully saturated rings. The van der Waals surface area contributed by atoms with Gasteiger partial charge in [0.15, 0.2) is 5.82 Å². The van der Waals surface area contributed by atoms with Crippen LogP contribution in [0.5, 0.6) is 0 Å². The molecule has 6 nitrogen and oxygen atoms in total. The van der Waals surface area contributed by atoms with E-state index in [4.69, 9.17) is 0 Å². The first kappa shape index (κ1) is 12.4. The van der Waals surface area contributed by atoms with Crippen molar-refractivity contribution in [2.24, 2.45) is 0 Å². The Hall–Kier alpha value is -2.60. The van der Waals surface area contributed by atoms with Gasteiger partial charge in [-0.05, 0) is 18.3 Å². The lowest BCUT2D eigenvalue weighted by Crippen LogP contribution is -2.12. The summed E-state index contributed by atoms with van der Waals surface area (Å²) in [5.41, 5.74) is 1.96. The molecule has 1 N–H and O–H groups in total. The minimum atomic E-state index is 0.590. The maximum absolute atomic E-state index is 4.40. The number of nitrogens with one attached hydrogen (secondary N) is 1. The summed E-state index contributed by atoms with van der Waals surface area (Å²) in [6.45, 7) is 0.700. The Morgan fingerprint density at radius 1 is 1.10 bits per heavy atom. The molecule has 6 heteroatoms. The molecule has 0 amide bonds. The predicted octanol–water partition coefficient (Wildman–Crippen LogP) is 1.44. The number of rotatable bonds is 4. The van der Waals surface area contributed by atoms with Gasteiger partial charge in [-0.15, -0.1) is 15.0 Å². The van der Waals surface area contributed by atoms with Gasteiger partial charge in [-0.2, -0.15) is 0 Å². The number of aromatic nitrogens is 5. The number of nitrogens with zero attached hydrogens (tertiary/aromatic N) is 5. The van der Waals surface area contributed by atoms with Gasteiger partial charge in [-0.25, -0.2) is 4.98 Å². The minimum absolute atomic E-state index is 0.590. The molecular weight excluding hydrogens is 252 g/mol. The molecule has 0 atom stereocenters. The first-order valence-corrected chi connectivity index (χ1v) is 6.33. The number of pyridine rings is 1. The van der Waals surface area contributed by atoms with Crippen LogP contribution in [0, 0.1) is 0 Å². The normalized spacial score (nSPS) is 10.7. The zero-order chi connectivity index (χ0) is 13.8. The van der Waals surface area contributed by atoms with E-state index in [9.17, 15) is 0 Å². The Morgan fingerprint density at radius 2 is 1.95 bits per heavy atom. The number of tetrazole rings is 1. The van der Waals surface area contributed by atoms with Gasteiger partial charge in [0.1, 0.15) is 0 Å². The molecule has 0 aliphatic carbocycles. The summed E-state index contributed by atoms with van der Waals surface area (Å²) < 4.78 is 0. The van der Waals surface area contributed by atoms with Crippen LogP contribution in [0.15, 0.2) is 48.7 Å². The van der Waals surface area contributed by atoms with Crippen molar-refractivity contribution in [2.45, 2.75) is 6.54 Å². The Bertz CT molecular complexity index is 692. The molecule has 3 rings (SSSR count). The lowest BCUT2D eigenvalue weighted by atomic mass is 10.2. The maximum atomic E-state index is 4.40. The van der Waals surface area contributed by atoms with Crippen molar-refractivity contribution in [1.29, 1.82) is 0 Å². The molecule has 0 aliphatic rings.